The summed E-state index contributed by atoms with van der Waals surface area (Å²) in [6, 6.07) is 14.8. The molecule has 2 aromatic carbocycles. The minimum absolute atomic E-state index is 0.135. The van der Waals surface area contributed by atoms with Gasteiger partial charge in [0.1, 0.15) is 0 Å². The van der Waals surface area contributed by atoms with Gasteiger partial charge in [-0.2, -0.15) is 0 Å². The zero-order valence-electron chi connectivity index (χ0n) is 20.8. The zero-order chi connectivity index (χ0) is 24.5. The van der Waals surface area contributed by atoms with E-state index in [-0.39, 0.29) is 11.6 Å². The summed E-state index contributed by atoms with van der Waals surface area (Å²) in [6.45, 7) is 5.85. The predicted octanol–water partition coefficient (Wildman–Crippen LogP) is 6.97. The van der Waals surface area contributed by atoms with Gasteiger partial charge < -0.3 is 4.57 Å². The molecular formula is C30H35ClN2O2. The van der Waals surface area contributed by atoms with Crippen LogP contribution >= 0.6 is 11.6 Å². The number of para-hydroxylation sites is 1. The van der Waals surface area contributed by atoms with Gasteiger partial charge in [0.2, 0.25) is 0 Å². The van der Waals surface area contributed by atoms with Crippen molar-refractivity contribution < 1.29 is 9.59 Å². The van der Waals surface area contributed by atoms with E-state index in [0.29, 0.717) is 29.4 Å². The fourth-order valence-corrected chi connectivity index (χ4v) is 6.66. The van der Waals surface area contributed by atoms with Gasteiger partial charge in [-0.25, -0.2) is 0 Å². The molecule has 5 rings (SSSR count). The van der Waals surface area contributed by atoms with Gasteiger partial charge in [0.05, 0.1) is 5.52 Å². The molecule has 0 radical (unpaired) electrons. The number of carbonyl (C=O) groups excluding carboxylic acids is 2. The first-order valence-corrected chi connectivity index (χ1v) is 13.5. The van der Waals surface area contributed by atoms with Gasteiger partial charge >= 0.3 is 0 Å². The van der Waals surface area contributed by atoms with Crippen molar-refractivity contribution in [2.75, 3.05) is 6.54 Å². The van der Waals surface area contributed by atoms with Crippen molar-refractivity contribution in [3.05, 3.63) is 70.4 Å². The van der Waals surface area contributed by atoms with Crippen LogP contribution in [-0.2, 0) is 13.0 Å². The highest BCUT2D eigenvalue weighted by atomic mass is 35.5. The van der Waals surface area contributed by atoms with E-state index in [1.54, 1.807) is 19.1 Å². The largest absolute Gasteiger partial charge is 0.346 e. The van der Waals surface area contributed by atoms with Crippen LogP contribution in [0.4, 0.5) is 0 Å². The molecule has 3 heterocycles. The van der Waals surface area contributed by atoms with Crippen molar-refractivity contribution in [1.82, 2.24) is 9.47 Å². The van der Waals surface area contributed by atoms with Crippen LogP contribution in [0.25, 0.3) is 10.9 Å². The number of fused-ring (bicyclic) bond motifs is 3. The number of carbonyl (C=O) groups is 2. The summed E-state index contributed by atoms with van der Waals surface area (Å²) < 4.78 is 2.31. The van der Waals surface area contributed by atoms with Gasteiger partial charge in [0, 0.05) is 59.3 Å². The summed E-state index contributed by atoms with van der Waals surface area (Å²) in [5.41, 5.74) is 4.14. The van der Waals surface area contributed by atoms with Crippen LogP contribution in [0, 0.1) is 5.92 Å². The van der Waals surface area contributed by atoms with Crippen LogP contribution in [0.3, 0.4) is 0 Å². The van der Waals surface area contributed by atoms with Crippen LogP contribution in [-0.4, -0.2) is 39.7 Å². The molecule has 0 saturated carbocycles. The highest BCUT2D eigenvalue weighted by Gasteiger charge is 2.40. The van der Waals surface area contributed by atoms with Crippen molar-refractivity contribution in [1.29, 1.82) is 0 Å². The maximum atomic E-state index is 12.8. The van der Waals surface area contributed by atoms with Crippen molar-refractivity contribution in [3.8, 4) is 0 Å². The Morgan fingerprint density at radius 2 is 1.71 bits per heavy atom. The normalized spacial score (nSPS) is 22.1. The summed E-state index contributed by atoms with van der Waals surface area (Å²) in [4.78, 5) is 27.8. The number of Topliss-reactive ketones (excluding diaryl/α,β-unsaturated/α-hetero) is 2. The maximum Gasteiger partial charge on any atom is 0.163 e. The summed E-state index contributed by atoms with van der Waals surface area (Å²) in [5, 5.41) is 1.76. The molecule has 0 aliphatic carbocycles. The van der Waals surface area contributed by atoms with Crippen LogP contribution < -0.4 is 0 Å². The molecule has 5 heteroatoms. The van der Waals surface area contributed by atoms with E-state index < -0.39 is 0 Å². The summed E-state index contributed by atoms with van der Waals surface area (Å²) >= 11 is 5.98. The number of aryl methyl sites for hydroxylation is 2. The Labute approximate surface area is 213 Å². The molecule has 2 unspecified atom stereocenters. The van der Waals surface area contributed by atoms with E-state index in [0.717, 1.165) is 55.3 Å². The maximum absolute atomic E-state index is 12.8. The summed E-state index contributed by atoms with van der Waals surface area (Å²) in [5.74, 6) is 0.854. The van der Waals surface area contributed by atoms with Crippen LogP contribution in [0.15, 0.2) is 48.7 Å². The number of aromatic nitrogens is 1. The minimum atomic E-state index is 0.135. The van der Waals surface area contributed by atoms with E-state index in [2.05, 4.69) is 40.8 Å². The smallest absolute Gasteiger partial charge is 0.163 e. The molecule has 0 N–H and O–H groups in total. The minimum Gasteiger partial charge on any atom is -0.346 e. The standard InChI is InChI=1S/C30H35ClN2O2/c1-3-22-6-4-7-27-28(20(2)34)19-32(30(22)27)14-5-15-33-25-12-13-26(33)17-21(16-25)18-29(35)23-8-10-24(31)11-9-23/h4,6-11,19,21,25-26H,3,5,12-18H2,1-2H3. The number of hydrogen-bond acceptors (Lipinski definition) is 3. The average Bonchev–Trinajstić information content (AvgIpc) is 3.33. The third kappa shape index (κ3) is 4.96. The third-order valence-electron chi connectivity index (χ3n) is 8.18. The molecule has 2 saturated heterocycles. The molecule has 35 heavy (non-hydrogen) atoms. The fraction of sp³-hybridized carbons (Fsp3) is 0.467. The van der Waals surface area contributed by atoms with Crippen LogP contribution in [0.2, 0.25) is 5.02 Å². The van der Waals surface area contributed by atoms with Gasteiger partial charge in [0.15, 0.2) is 11.6 Å². The number of benzene rings is 2. The second-order valence-electron chi connectivity index (χ2n) is 10.4. The summed E-state index contributed by atoms with van der Waals surface area (Å²) in [6.07, 6.45) is 9.48. The molecule has 184 valence electrons. The monoisotopic (exact) mass is 490 g/mol. The Bertz CT molecular complexity index is 1220. The average molecular weight is 491 g/mol. The lowest BCUT2D eigenvalue weighted by Crippen LogP contribution is -2.43. The van der Waals surface area contributed by atoms with Crippen molar-refractivity contribution in [2.24, 2.45) is 5.92 Å². The molecule has 2 aliphatic heterocycles. The SMILES string of the molecule is CCc1cccc2c(C(C)=O)cn(CCCN3C4CCC3CC(CC(=O)c3ccc(Cl)cc3)C4)c12. The predicted molar refractivity (Wildman–Crippen MR) is 143 cm³/mol. The van der Waals surface area contributed by atoms with Gasteiger partial charge in [-0.15, -0.1) is 0 Å². The van der Waals surface area contributed by atoms with E-state index in [9.17, 15) is 9.59 Å². The topological polar surface area (TPSA) is 42.3 Å². The second kappa shape index (κ2) is 10.3. The molecule has 0 amide bonds. The quantitative estimate of drug-likeness (QED) is 0.304. The van der Waals surface area contributed by atoms with Crippen molar-refractivity contribution in [3.63, 3.8) is 0 Å². The molecule has 2 bridgehead atoms. The highest BCUT2D eigenvalue weighted by molar-refractivity contribution is 6.30. The molecule has 3 aromatic rings. The first-order chi connectivity index (χ1) is 16.9. The number of ketones is 2. The number of nitrogens with zero attached hydrogens (tertiary/aromatic N) is 2. The fourth-order valence-electron chi connectivity index (χ4n) is 6.54. The molecule has 2 fully saturated rings. The van der Waals surface area contributed by atoms with Gasteiger partial charge in [-0.1, -0.05) is 36.7 Å². The molecule has 1 aromatic heterocycles. The van der Waals surface area contributed by atoms with Crippen LogP contribution in [0.1, 0.15) is 78.7 Å². The zero-order valence-corrected chi connectivity index (χ0v) is 21.6. The highest BCUT2D eigenvalue weighted by Crippen LogP contribution is 2.40. The van der Waals surface area contributed by atoms with E-state index >= 15 is 0 Å². The Morgan fingerprint density at radius 1 is 1.00 bits per heavy atom. The van der Waals surface area contributed by atoms with Crippen LogP contribution in [0.5, 0.6) is 0 Å². The number of rotatable bonds is 9. The lowest BCUT2D eigenvalue weighted by Gasteiger charge is -2.39. The van der Waals surface area contributed by atoms with E-state index in [1.807, 2.05) is 12.1 Å². The van der Waals surface area contributed by atoms with Gasteiger partial charge in [0.25, 0.3) is 0 Å². The second-order valence-corrected chi connectivity index (χ2v) is 10.8. The molecular weight excluding hydrogens is 456 g/mol. The Balaban J connectivity index is 1.21. The third-order valence-corrected chi connectivity index (χ3v) is 8.43. The first-order valence-electron chi connectivity index (χ1n) is 13.1. The molecule has 2 atom stereocenters. The van der Waals surface area contributed by atoms with Crippen molar-refractivity contribution in [2.45, 2.75) is 77.4 Å². The number of piperidine rings is 1. The first kappa shape index (κ1) is 24.3. The Hall–Kier alpha value is -2.43. The Kier molecular flexibility index (Phi) is 7.13. The molecule has 4 nitrogen and oxygen atoms in total. The number of halogens is 1. The Morgan fingerprint density at radius 3 is 2.37 bits per heavy atom. The van der Waals surface area contributed by atoms with Gasteiger partial charge in [-0.05, 0) is 81.2 Å². The van der Waals surface area contributed by atoms with E-state index in [1.165, 1.54) is 23.9 Å². The number of hydrogen-bond donors (Lipinski definition) is 0. The molecule has 0 spiro atoms. The van der Waals surface area contributed by atoms with Crippen molar-refractivity contribution >= 4 is 34.1 Å². The lowest BCUT2D eigenvalue weighted by molar-refractivity contribution is 0.0807. The molecule has 2 aliphatic rings. The van der Waals surface area contributed by atoms with E-state index in [4.69, 9.17) is 11.6 Å². The summed E-state index contributed by atoms with van der Waals surface area (Å²) in [7, 11) is 0. The van der Waals surface area contributed by atoms with Gasteiger partial charge in [-0.3, -0.25) is 14.5 Å². The lowest BCUT2D eigenvalue weighted by atomic mass is 9.85.